The first kappa shape index (κ1) is 33.4. The molecular weight excluding hydrogens is 568 g/mol. The third-order valence-corrected chi connectivity index (χ3v) is 5.97. The number of benzene rings is 3. The molecule has 0 bridgehead atoms. The van der Waals surface area contributed by atoms with E-state index in [2.05, 4.69) is 16.0 Å². The first-order valence-electron chi connectivity index (χ1n) is 14.0. The number of hydrogen-bond acceptors (Lipinski definition) is 9. The van der Waals surface area contributed by atoms with Crippen LogP contribution >= 0.6 is 0 Å². The van der Waals surface area contributed by atoms with Crippen molar-refractivity contribution in [1.82, 2.24) is 5.32 Å². The third-order valence-electron chi connectivity index (χ3n) is 5.97. The second-order valence-electron chi connectivity index (χ2n) is 10.5. The first-order valence-corrected chi connectivity index (χ1v) is 14.0. The summed E-state index contributed by atoms with van der Waals surface area (Å²) in [5, 5.41) is 35.5. The number of carbonyl (C=O) groups excluding carboxylic acids is 2. The molecule has 0 heterocycles. The Labute approximate surface area is 255 Å². The van der Waals surface area contributed by atoms with Crippen molar-refractivity contribution in [2.24, 2.45) is 0 Å². The summed E-state index contributed by atoms with van der Waals surface area (Å²) in [6, 6.07) is 15.0. The van der Waals surface area contributed by atoms with Crippen molar-refractivity contribution in [3.05, 3.63) is 82.4 Å². The van der Waals surface area contributed by atoms with E-state index in [0.717, 1.165) is 5.56 Å². The van der Waals surface area contributed by atoms with E-state index >= 15 is 0 Å². The number of rotatable bonds is 13. The Morgan fingerprint density at radius 2 is 1.66 bits per heavy atom. The number of carboxylic acids is 1. The molecule has 44 heavy (non-hydrogen) atoms. The van der Waals surface area contributed by atoms with Gasteiger partial charge in [-0.15, -0.1) is 0 Å². The Balaban J connectivity index is 1.81. The predicted molar refractivity (Wildman–Crippen MR) is 166 cm³/mol. The molecule has 0 fully saturated rings. The van der Waals surface area contributed by atoms with E-state index in [9.17, 15) is 24.6 Å². The maximum atomic E-state index is 13.4. The molecule has 0 aliphatic heterocycles. The zero-order valence-corrected chi connectivity index (χ0v) is 25.3. The van der Waals surface area contributed by atoms with Gasteiger partial charge in [-0.3, -0.25) is 15.5 Å². The molecule has 0 aliphatic carbocycles. The van der Waals surface area contributed by atoms with Gasteiger partial charge in [0.25, 0.3) is 5.91 Å². The number of alkyl carbamates (subject to hydrolysis) is 1. The molecule has 0 spiro atoms. The lowest BCUT2D eigenvalue weighted by atomic mass is 10.1. The van der Waals surface area contributed by atoms with E-state index in [1.54, 1.807) is 62.4 Å². The maximum Gasteiger partial charge on any atom is 0.413 e. The molecule has 3 aromatic rings. The second kappa shape index (κ2) is 15.4. The van der Waals surface area contributed by atoms with Gasteiger partial charge in [-0.1, -0.05) is 11.6 Å². The molecule has 0 saturated heterocycles. The Morgan fingerprint density at radius 3 is 2.27 bits per heavy atom. The normalized spacial score (nSPS) is 10.7. The standard InChI is InChI=1S/C32H38N4O8/c1-18(2)43-27-14-21(16-37)13-23(29(27)42-17-28(38)39)15-34-26-11-6-20(5)12-25(26)31(40)35-24-9-7-22(8-10-24)30(33)36-32(41)44-19(3)4/h6-14,18-19,34,37H,15-17H2,1-5H3,(H,35,40)(H,38,39)(H2,33,36,41). The fraction of sp³-hybridized carbons (Fsp3) is 0.312. The summed E-state index contributed by atoms with van der Waals surface area (Å²) in [5.41, 5.74) is 3.68. The van der Waals surface area contributed by atoms with Crippen molar-refractivity contribution in [2.75, 3.05) is 17.2 Å². The van der Waals surface area contributed by atoms with Crippen molar-refractivity contribution in [3.63, 3.8) is 0 Å². The third kappa shape index (κ3) is 9.73. The zero-order valence-electron chi connectivity index (χ0n) is 25.3. The quantitative estimate of drug-likeness (QED) is 0.115. The van der Waals surface area contributed by atoms with Gasteiger partial charge in [0.2, 0.25) is 0 Å². The van der Waals surface area contributed by atoms with Gasteiger partial charge in [-0.25, -0.2) is 9.59 Å². The number of amidine groups is 1. The van der Waals surface area contributed by atoms with Crippen LogP contribution in [0.25, 0.3) is 0 Å². The van der Waals surface area contributed by atoms with E-state index in [0.29, 0.717) is 39.4 Å². The van der Waals surface area contributed by atoms with Gasteiger partial charge in [-0.2, -0.15) is 0 Å². The number of aliphatic carboxylic acids is 1. The summed E-state index contributed by atoms with van der Waals surface area (Å²) >= 11 is 0. The van der Waals surface area contributed by atoms with Crippen LogP contribution in [0.3, 0.4) is 0 Å². The lowest BCUT2D eigenvalue weighted by Crippen LogP contribution is -2.32. The van der Waals surface area contributed by atoms with Crippen molar-refractivity contribution in [1.29, 1.82) is 5.41 Å². The van der Waals surface area contributed by atoms with Crippen molar-refractivity contribution in [2.45, 2.75) is 60.0 Å². The molecule has 0 aliphatic rings. The van der Waals surface area contributed by atoms with Gasteiger partial charge in [0.05, 0.1) is 24.4 Å². The molecule has 12 nitrogen and oxygen atoms in total. The van der Waals surface area contributed by atoms with E-state index in [1.807, 2.05) is 26.8 Å². The van der Waals surface area contributed by atoms with Crippen molar-refractivity contribution in [3.8, 4) is 11.5 Å². The fourth-order valence-electron chi connectivity index (χ4n) is 4.11. The molecule has 3 rings (SSSR count). The number of aryl methyl sites for hydroxylation is 1. The Hall–Kier alpha value is -5.10. The largest absolute Gasteiger partial charge is 0.487 e. The first-order chi connectivity index (χ1) is 20.9. The maximum absolute atomic E-state index is 13.4. The highest BCUT2D eigenvalue weighted by Crippen LogP contribution is 2.35. The van der Waals surface area contributed by atoms with Gasteiger partial charge < -0.3 is 35.1 Å². The van der Waals surface area contributed by atoms with Crippen LogP contribution in [0.4, 0.5) is 16.2 Å². The van der Waals surface area contributed by atoms with Crippen LogP contribution in [-0.4, -0.2) is 52.8 Å². The van der Waals surface area contributed by atoms with Gasteiger partial charge in [0.1, 0.15) is 5.84 Å². The molecule has 0 saturated carbocycles. The van der Waals surface area contributed by atoms with Crippen LogP contribution in [0, 0.1) is 12.3 Å². The minimum absolute atomic E-state index is 0.129. The van der Waals surface area contributed by atoms with Crippen LogP contribution in [0.15, 0.2) is 54.6 Å². The SMILES string of the molecule is Cc1ccc(NCc2cc(CO)cc(OC(C)C)c2OCC(=O)O)c(C(=O)Nc2ccc(C(=N)NC(=O)OC(C)C)cc2)c1. The Bertz CT molecular complexity index is 1500. The molecule has 0 radical (unpaired) electrons. The average molecular weight is 607 g/mol. The molecular formula is C32H38N4O8. The molecule has 0 aromatic heterocycles. The monoisotopic (exact) mass is 606 g/mol. The number of aliphatic hydroxyl groups is 1. The Kier molecular flexibility index (Phi) is 11.7. The van der Waals surface area contributed by atoms with Gasteiger partial charge in [0.15, 0.2) is 18.1 Å². The average Bonchev–Trinajstić information content (AvgIpc) is 2.95. The molecule has 234 valence electrons. The van der Waals surface area contributed by atoms with Crippen LogP contribution in [-0.2, 0) is 22.7 Å². The van der Waals surface area contributed by atoms with Gasteiger partial charge in [-0.05, 0) is 88.7 Å². The van der Waals surface area contributed by atoms with E-state index in [1.165, 1.54) is 0 Å². The van der Waals surface area contributed by atoms with E-state index in [4.69, 9.17) is 19.6 Å². The topological polar surface area (TPSA) is 179 Å². The summed E-state index contributed by atoms with van der Waals surface area (Å²) in [7, 11) is 0. The summed E-state index contributed by atoms with van der Waals surface area (Å²) < 4.78 is 16.4. The molecule has 0 atom stereocenters. The lowest BCUT2D eigenvalue weighted by Gasteiger charge is -2.20. The molecule has 2 amide bonds. The Morgan fingerprint density at radius 1 is 0.955 bits per heavy atom. The minimum atomic E-state index is -1.15. The van der Waals surface area contributed by atoms with Gasteiger partial charge in [0, 0.05) is 29.0 Å². The summed E-state index contributed by atoms with van der Waals surface area (Å²) in [5.74, 6) is -1.17. The highest BCUT2D eigenvalue weighted by atomic mass is 16.6. The smallest absolute Gasteiger partial charge is 0.413 e. The lowest BCUT2D eigenvalue weighted by molar-refractivity contribution is -0.139. The van der Waals surface area contributed by atoms with E-state index < -0.39 is 24.6 Å². The summed E-state index contributed by atoms with van der Waals surface area (Å²) in [6.45, 7) is 8.18. The van der Waals surface area contributed by atoms with Crippen LogP contribution in [0.2, 0.25) is 0 Å². The van der Waals surface area contributed by atoms with Gasteiger partial charge >= 0.3 is 12.1 Å². The predicted octanol–water partition coefficient (Wildman–Crippen LogP) is 5.06. The number of carbonyl (C=O) groups is 3. The number of aliphatic hydroxyl groups excluding tert-OH is 1. The van der Waals surface area contributed by atoms with Crippen molar-refractivity contribution >= 4 is 35.2 Å². The molecule has 3 aromatic carbocycles. The number of ether oxygens (including phenoxy) is 3. The molecule has 12 heteroatoms. The summed E-state index contributed by atoms with van der Waals surface area (Å²) in [4.78, 5) is 36.4. The second-order valence-corrected chi connectivity index (χ2v) is 10.5. The van der Waals surface area contributed by atoms with Crippen molar-refractivity contribution < 1.29 is 38.8 Å². The van der Waals surface area contributed by atoms with E-state index in [-0.39, 0.29) is 36.9 Å². The fourth-order valence-corrected chi connectivity index (χ4v) is 4.11. The summed E-state index contributed by atoms with van der Waals surface area (Å²) in [6.07, 6.45) is -1.29. The van der Waals surface area contributed by atoms with Crippen LogP contribution in [0.1, 0.15) is 60.3 Å². The number of carboxylic acid groups (broad SMARTS) is 1. The highest BCUT2D eigenvalue weighted by molar-refractivity contribution is 6.09. The molecule has 0 unspecified atom stereocenters. The number of anilines is 2. The number of hydrogen-bond donors (Lipinski definition) is 6. The van der Waals surface area contributed by atoms with Crippen LogP contribution in [0.5, 0.6) is 11.5 Å². The van der Waals surface area contributed by atoms with Crippen LogP contribution < -0.4 is 25.4 Å². The minimum Gasteiger partial charge on any atom is -0.487 e. The molecule has 6 N–H and O–H groups in total. The highest BCUT2D eigenvalue weighted by Gasteiger charge is 2.19. The number of nitrogens with one attached hydrogen (secondary N) is 4. The number of amides is 2. The zero-order chi connectivity index (χ0) is 32.4.